The Morgan fingerprint density at radius 2 is 1.80 bits per heavy atom. The summed E-state index contributed by atoms with van der Waals surface area (Å²) in [6.07, 6.45) is 3.58. The predicted molar refractivity (Wildman–Crippen MR) is 64.4 cm³/mol. The minimum atomic E-state index is -1.11. The number of rotatable bonds is 4. The summed E-state index contributed by atoms with van der Waals surface area (Å²) in [5, 5.41) is 8.49. The minimum absolute atomic E-state index is 0. The molecule has 1 aromatic rings. The molecule has 0 aliphatic rings. The second kappa shape index (κ2) is 19.6. The molecule has 2 N–H and O–H groups in total. The van der Waals surface area contributed by atoms with Gasteiger partial charge in [-0.3, -0.25) is 4.79 Å². The van der Waals surface area contributed by atoms with E-state index in [0.29, 0.717) is 5.69 Å². The molecule has 1 heterocycles. The van der Waals surface area contributed by atoms with Crippen molar-refractivity contribution in [1.29, 1.82) is 0 Å². The molecule has 0 spiro atoms. The van der Waals surface area contributed by atoms with Gasteiger partial charge >= 0.3 is 0 Å². The summed E-state index contributed by atoms with van der Waals surface area (Å²) < 4.78 is 1.85. The van der Waals surface area contributed by atoms with Crippen LogP contribution in [0.4, 0.5) is 0 Å². The number of carboxylic acids is 1. The molecule has 1 rings (SSSR count). The van der Waals surface area contributed by atoms with Gasteiger partial charge in [-0.1, -0.05) is 0 Å². The van der Waals surface area contributed by atoms with Crippen molar-refractivity contribution in [3.8, 4) is 0 Å². The molecule has 0 aliphatic carbocycles. The summed E-state index contributed by atoms with van der Waals surface area (Å²) in [7, 11) is 0. The Morgan fingerprint density at radius 1 is 1.35 bits per heavy atom. The average Bonchev–Trinajstić information content (AvgIpc) is 2.93. The monoisotopic (exact) mass is 453 g/mol. The first-order valence-corrected chi connectivity index (χ1v) is 4.69. The Labute approximate surface area is 131 Å². The van der Waals surface area contributed by atoms with Gasteiger partial charge in [0.25, 0.3) is 5.97 Å². The third-order valence-electron chi connectivity index (χ3n) is 1.76. The fraction of sp³-hybridized carbons (Fsp3) is 0.364. The second-order valence-electron chi connectivity index (χ2n) is 2.79. The molecule has 1 atom stereocenters. The topological polar surface area (TPSA) is 130 Å². The molecule has 0 saturated carbocycles. The van der Waals surface area contributed by atoms with E-state index in [-0.39, 0.29) is 26.8 Å². The Hall–Kier alpha value is -1.69. The Morgan fingerprint density at radius 3 is 2.10 bits per heavy atom. The zero-order chi connectivity index (χ0) is 15.8. The van der Waals surface area contributed by atoms with Crippen molar-refractivity contribution >= 4 is 26.3 Å². The fourth-order valence-electron chi connectivity index (χ4n) is 0.981. The van der Waals surface area contributed by atoms with Crippen LogP contribution in [-0.2, 0) is 52.6 Å². The number of nitrogens with zero attached hydrogens (tertiary/aromatic N) is 2. The second-order valence-corrected chi connectivity index (χ2v) is 2.79. The smallest absolute Gasteiger partial charge is 0.285 e. The van der Waals surface area contributed by atoms with E-state index in [1.165, 1.54) is 0 Å². The van der Waals surface area contributed by atoms with Crippen LogP contribution in [0.2, 0.25) is 0 Å². The zero-order valence-corrected chi connectivity index (χ0v) is 13.2. The molecular formula is C11H12N3O5Re-4. The number of hydrogen-bond donors (Lipinski definition) is 1. The summed E-state index contributed by atoms with van der Waals surface area (Å²) in [4.78, 5) is 36.8. The molecule has 4 radical (unpaired) electrons. The van der Waals surface area contributed by atoms with Crippen LogP contribution in [0.1, 0.15) is 12.6 Å². The van der Waals surface area contributed by atoms with Crippen molar-refractivity contribution in [2.45, 2.75) is 25.9 Å². The van der Waals surface area contributed by atoms with Gasteiger partial charge in [0.15, 0.2) is 0 Å². The van der Waals surface area contributed by atoms with Gasteiger partial charge in [-0.05, 0) is 19.4 Å². The molecule has 0 unspecified atom stereocenters. The van der Waals surface area contributed by atoms with E-state index in [0.717, 1.165) is 6.54 Å². The van der Waals surface area contributed by atoms with Crippen LogP contribution in [0, 0.1) is 0 Å². The number of aliphatic carboxylic acids is 1. The SMILES string of the molecule is CCn1cnc(C[C@H]([NH-])C(=O)O)c1.[C-]=O.[C-]=O.[C-]=O.[Re]. The maximum atomic E-state index is 10.4. The molecule has 0 aliphatic heterocycles. The summed E-state index contributed by atoms with van der Waals surface area (Å²) in [5.41, 5.74) is 7.84. The van der Waals surface area contributed by atoms with Gasteiger partial charge in [0.1, 0.15) is 0 Å². The standard InChI is InChI=1S/C8H12N3O2.3CO.Re/c1-2-11-4-6(10-5-11)3-7(9)8(12)13;3*1-2;/h4-5,7,9H,2-3H2,1H3,(H,12,13);;;;/q4*-1;/t7-;;;;/m0..../s1. The number of aromatic nitrogens is 2. The molecular weight excluding hydrogens is 440 g/mol. The summed E-state index contributed by atoms with van der Waals surface area (Å²) in [5.74, 6) is -1.11. The maximum Gasteiger partial charge on any atom is 0.285 e. The van der Waals surface area contributed by atoms with Gasteiger partial charge in [-0.2, -0.15) is 0 Å². The van der Waals surface area contributed by atoms with E-state index in [1.54, 1.807) is 12.5 Å². The van der Waals surface area contributed by atoms with E-state index in [2.05, 4.69) is 25.4 Å². The minimum Gasteiger partial charge on any atom is -0.665 e. The third-order valence-corrected chi connectivity index (χ3v) is 1.76. The van der Waals surface area contributed by atoms with Crippen molar-refractivity contribution in [1.82, 2.24) is 9.55 Å². The van der Waals surface area contributed by atoms with Crippen LogP contribution in [0.15, 0.2) is 12.5 Å². The quantitative estimate of drug-likeness (QED) is 0.628. The van der Waals surface area contributed by atoms with Crippen molar-refractivity contribution in [2.75, 3.05) is 0 Å². The molecule has 0 aromatic carbocycles. The average molecular weight is 452 g/mol. The van der Waals surface area contributed by atoms with Gasteiger partial charge < -0.3 is 50.2 Å². The van der Waals surface area contributed by atoms with Crippen LogP contribution in [0.5, 0.6) is 0 Å². The van der Waals surface area contributed by atoms with Crippen LogP contribution in [0.3, 0.4) is 0 Å². The maximum absolute atomic E-state index is 10.4. The molecule has 112 valence electrons. The first kappa shape index (κ1) is 26.8. The number of carbonyl (C=O) groups excluding carboxylic acids is 3. The zero-order valence-electron chi connectivity index (χ0n) is 10.5. The Balaban J connectivity index is -0.000000162. The van der Waals surface area contributed by atoms with Gasteiger partial charge in [0, 0.05) is 33.2 Å². The van der Waals surface area contributed by atoms with Crippen molar-refractivity contribution in [3.05, 3.63) is 24.0 Å². The summed E-state index contributed by atoms with van der Waals surface area (Å²) in [6.45, 7) is 16.3. The van der Waals surface area contributed by atoms with E-state index in [9.17, 15) is 4.79 Å². The first-order chi connectivity index (χ1) is 9.13. The van der Waals surface area contributed by atoms with Gasteiger partial charge in [-0.15, -0.1) is 0 Å². The van der Waals surface area contributed by atoms with E-state index >= 15 is 0 Å². The Kier molecular flexibility index (Phi) is 26.3. The van der Waals surface area contributed by atoms with Crippen LogP contribution in [-0.4, -0.2) is 47.0 Å². The van der Waals surface area contributed by atoms with Gasteiger partial charge in [0.2, 0.25) is 0 Å². The fourth-order valence-corrected chi connectivity index (χ4v) is 0.981. The van der Waals surface area contributed by atoms with Gasteiger partial charge in [-0.25, -0.2) is 4.98 Å². The first-order valence-electron chi connectivity index (χ1n) is 4.69. The number of hydrogen-bond acceptors (Lipinski definition) is 5. The van der Waals surface area contributed by atoms with Crippen LogP contribution < -0.4 is 0 Å². The summed E-state index contributed by atoms with van der Waals surface area (Å²) in [6, 6.07) is -1.11. The summed E-state index contributed by atoms with van der Waals surface area (Å²) >= 11 is 0. The van der Waals surface area contributed by atoms with Crippen molar-refractivity contribution in [3.63, 3.8) is 0 Å². The number of imidazole rings is 1. The Bertz CT molecular complexity index is 344. The van der Waals surface area contributed by atoms with Crippen LogP contribution >= 0.6 is 0 Å². The van der Waals surface area contributed by atoms with Crippen molar-refractivity contribution < 1.29 is 44.7 Å². The molecule has 0 fully saturated rings. The van der Waals surface area contributed by atoms with Crippen molar-refractivity contribution in [2.24, 2.45) is 0 Å². The molecule has 0 bridgehead atoms. The molecule has 1 aromatic heterocycles. The molecule has 8 nitrogen and oxygen atoms in total. The van der Waals surface area contributed by atoms with E-state index in [4.69, 9.17) is 25.2 Å². The predicted octanol–water partition coefficient (Wildman–Crippen LogP) is -0.243. The molecule has 9 heteroatoms. The number of carboxylic acid groups (broad SMARTS) is 1. The van der Waals surface area contributed by atoms with Gasteiger partial charge in [0.05, 0.1) is 12.0 Å². The molecule has 0 amide bonds. The van der Waals surface area contributed by atoms with E-state index < -0.39 is 12.0 Å². The number of carbonyl (C=O) groups is 1. The number of aryl methyl sites for hydroxylation is 1. The number of nitrogens with one attached hydrogen (secondary N) is 1. The normalized spacial score (nSPS) is 8.90. The van der Waals surface area contributed by atoms with E-state index in [1.807, 2.05) is 11.5 Å². The largest absolute Gasteiger partial charge is 0.665 e. The molecule has 0 saturated heterocycles. The molecule has 20 heavy (non-hydrogen) atoms. The third kappa shape index (κ3) is 12.8. The van der Waals surface area contributed by atoms with Crippen LogP contribution in [0.25, 0.3) is 5.73 Å².